The van der Waals surface area contributed by atoms with Gasteiger partial charge >= 0.3 is 47.8 Å². The lowest BCUT2D eigenvalue weighted by atomic mass is 10.1. The van der Waals surface area contributed by atoms with E-state index < -0.39 is 5.60 Å². The monoisotopic (exact) mass is 1730 g/mol. The third-order valence-corrected chi connectivity index (χ3v) is 17.8. The van der Waals surface area contributed by atoms with Gasteiger partial charge in [0.05, 0.1) is 90.8 Å². The second-order valence-electron chi connectivity index (χ2n) is 30.8. The lowest BCUT2D eigenvalue weighted by Crippen LogP contribution is -2.23. The second kappa shape index (κ2) is 78.9. The zero-order valence-corrected chi connectivity index (χ0v) is 76.9. The van der Waals surface area contributed by atoms with Crippen molar-refractivity contribution in [3.8, 4) is 0 Å². The maximum Gasteiger partial charge on any atom is 0.340 e. The van der Waals surface area contributed by atoms with E-state index in [-0.39, 0.29) is 47.8 Å². The van der Waals surface area contributed by atoms with Crippen molar-refractivity contribution in [2.45, 2.75) is 294 Å². The van der Waals surface area contributed by atoms with E-state index in [1.165, 1.54) is 178 Å². The van der Waals surface area contributed by atoms with Crippen LogP contribution in [0.3, 0.4) is 0 Å². The topological polar surface area (TPSA) is 314 Å². The van der Waals surface area contributed by atoms with E-state index in [0.717, 1.165) is 83.5 Å². The zero-order valence-electron chi connectivity index (χ0n) is 76.9. The Labute approximate surface area is 746 Å². The highest BCUT2D eigenvalue weighted by molar-refractivity contribution is 5.92. The van der Waals surface area contributed by atoms with Gasteiger partial charge in [-0.1, -0.05) is 229 Å². The van der Waals surface area contributed by atoms with Crippen LogP contribution in [0.2, 0.25) is 0 Å². The van der Waals surface area contributed by atoms with Gasteiger partial charge in [0, 0.05) is 99.1 Å². The summed E-state index contributed by atoms with van der Waals surface area (Å²) in [5, 5.41) is 0. The Bertz CT molecular complexity index is 3910. The third kappa shape index (κ3) is 65.3. The molecule has 0 radical (unpaired) electrons. The summed E-state index contributed by atoms with van der Waals surface area (Å²) in [5.74, 6) is -1.92. The molecule has 0 aliphatic carbocycles. The van der Waals surface area contributed by atoms with E-state index >= 15 is 0 Å². The van der Waals surface area contributed by atoms with E-state index in [1.54, 1.807) is 147 Å². The third-order valence-electron chi connectivity index (χ3n) is 17.8. The Morgan fingerprint density at radius 3 is 0.552 bits per heavy atom. The summed E-state index contributed by atoms with van der Waals surface area (Å²) >= 11 is 0. The number of pyridine rings is 8. The van der Waals surface area contributed by atoms with Gasteiger partial charge in [0.25, 0.3) is 0 Å². The van der Waals surface area contributed by atoms with Gasteiger partial charge in [-0.15, -0.1) is 0 Å². The van der Waals surface area contributed by atoms with Crippen molar-refractivity contribution < 1.29 is 76.3 Å². The number of nitrogens with zero attached hydrogens (tertiary/aromatic N) is 8. The SMILES string of the molecule is CC(C)(C)OC(=O)c1cccnc1.CC(C)COC(=O)c1cccnc1.CCCCCCCCCCOC(=O)c1cccnc1.CCCCCCCCCOC(=O)c1cccnc1.CCCCCCCCOC(=O)c1cccnc1.CCCCCCCOC(=O)c1cccnc1.CCCCCCOC(=O)c1cccnc1.CCCCCOC(=O)c1cccnc1. The van der Waals surface area contributed by atoms with Crippen molar-refractivity contribution >= 4 is 47.8 Å². The van der Waals surface area contributed by atoms with Crippen LogP contribution in [-0.4, -0.2) is 139 Å². The maximum atomic E-state index is 11.6. The minimum absolute atomic E-state index is 0.268. The molecular weight excluding hydrogens is 1580 g/mol. The maximum absolute atomic E-state index is 11.6. The van der Waals surface area contributed by atoms with Gasteiger partial charge in [-0.05, 0) is 162 Å². The Hall–Kier alpha value is -11.0. The summed E-state index contributed by atoms with van der Waals surface area (Å²) in [5.41, 5.74) is 3.68. The first-order valence-corrected chi connectivity index (χ1v) is 45.4. The summed E-state index contributed by atoms with van der Waals surface area (Å²) in [6.45, 7) is 26.1. The fourth-order valence-corrected chi connectivity index (χ4v) is 10.8. The van der Waals surface area contributed by atoms with Crippen LogP contribution >= 0.6 is 0 Å². The molecule has 0 saturated carbocycles. The summed E-state index contributed by atoms with van der Waals surface area (Å²) in [4.78, 5) is 123. The fraction of sp³-hybridized carbons (Fsp3) is 0.525. The van der Waals surface area contributed by atoms with E-state index in [4.69, 9.17) is 37.9 Å². The quantitative estimate of drug-likeness (QED) is 0.0194. The second-order valence-corrected chi connectivity index (χ2v) is 30.8. The van der Waals surface area contributed by atoms with Gasteiger partial charge in [-0.25, -0.2) is 38.4 Å². The van der Waals surface area contributed by atoms with Crippen molar-refractivity contribution in [3.05, 3.63) is 241 Å². The number of hydrogen-bond acceptors (Lipinski definition) is 24. The highest BCUT2D eigenvalue weighted by atomic mass is 16.6. The first-order chi connectivity index (χ1) is 60.7. The highest BCUT2D eigenvalue weighted by Gasteiger charge is 2.18. The molecule has 8 aromatic heterocycles. The molecule has 0 unspecified atom stereocenters. The number of unbranched alkanes of at least 4 members (excludes halogenated alkanes) is 27. The number of carbonyl (C=O) groups is 8. The van der Waals surface area contributed by atoms with Crippen LogP contribution in [-0.2, 0) is 37.9 Å². The van der Waals surface area contributed by atoms with Crippen LogP contribution in [0, 0.1) is 5.92 Å². The average Bonchev–Trinajstić information content (AvgIpc) is 0.881. The average molecular weight is 1730 g/mol. The molecule has 0 fully saturated rings. The molecular formula is C101H146N8O16. The standard InChI is InChI=1S/C16H25NO2.C15H23NO2.C14H21NO2.C13H19NO2.C12H17NO2.C11H15NO2.2C10H13NO2/c1-2-3-4-5-6-7-8-9-13-19-16(18)15-11-10-12-17-14-15;1-2-3-4-5-6-7-8-12-18-15(17)14-10-9-11-16-13-14;1-2-3-4-5-6-7-11-17-14(16)13-9-8-10-15-12-13;1-2-3-4-5-6-10-16-13(15)12-8-7-9-14-11-12;1-2-3-4-5-9-15-12(14)11-7-6-8-13-10-11;1-2-3-4-8-14-11(13)10-6-5-7-12-9-10;1-10(2,3)13-9(12)8-5-4-6-11-7-8;1-8(2)7-13-10(12)9-4-3-5-11-6-9/h10-12,14H,2-9,13H2,1H3;9-11,13H,2-8,12H2,1H3;8-10,12H,2-7,11H2,1H3;7-9,11H,2-6,10H2,1H3;6-8,10H,2-5,9H2,1H3;5-7,9H,2-4,8H2,1H3;4-7H,1-3H3;3-6,8H,7H2,1-2H3. The van der Waals surface area contributed by atoms with Gasteiger partial charge in [0.1, 0.15) is 5.60 Å². The number of carbonyl (C=O) groups excluding carboxylic acids is 8. The summed E-state index contributed by atoms with van der Waals surface area (Å²) in [6.07, 6.45) is 64.4. The summed E-state index contributed by atoms with van der Waals surface area (Å²) in [6, 6.07) is 27.5. The lowest BCUT2D eigenvalue weighted by Gasteiger charge is -2.19. The Morgan fingerprint density at radius 1 is 0.232 bits per heavy atom. The molecule has 24 nitrogen and oxygen atoms in total. The van der Waals surface area contributed by atoms with Crippen LogP contribution in [0.15, 0.2) is 196 Å². The van der Waals surface area contributed by atoms with Crippen LogP contribution in [0.4, 0.5) is 0 Å². The zero-order chi connectivity index (χ0) is 91.5. The highest BCUT2D eigenvalue weighted by Crippen LogP contribution is 2.15. The molecule has 0 bridgehead atoms. The van der Waals surface area contributed by atoms with Crippen molar-refractivity contribution in [2.75, 3.05) is 46.2 Å². The van der Waals surface area contributed by atoms with Gasteiger partial charge in [-0.3, -0.25) is 39.9 Å². The van der Waals surface area contributed by atoms with Gasteiger partial charge in [-0.2, -0.15) is 0 Å². The Morgan fingerprint density at radius 2 is 0.384 bits per heavy atom. The van der Waals surface area contributed by atoms with Crippen molar-refractivity contribution in [3.63, 3.8) is 0 Å². The largest absolute Gasteiger partial charge is 0.462 e. The van der Waals surface area contributed by atoms with Crippen LogP contribution in [0.5, 0.6) is 0 Å². The molecule has 0 aliphatic heterocycles. The number of esters is 8. The molecule has 8 rings (SSSR count). The van der Waals surface area contributed by atoms with Crippen LogP contribution in [0.25, 0.3) is 0 Å². The van der Waals surface area contributed by atoms with Gasteiger partial charge < -0.3 is 37.9 Å². The Kier molecular flexibility index (Phi) is 70.7. The number of aromatic nitrogens is 8. The number of ether oxygens (including phenoxy) is 8. The molecule has 8 heterocycles. The first kappa shape index (κ1) is 112. The number of hydrogen-bond donors (Lipinski definition) is 0. The summed E-state index contributed by atoms with van der Waals surface area (Å²) < 4.78 is 41.0. The molecule has 0 saturated heterocycles. The first-order valence-electron chi connectivity index (χ1n) is 45.4. The van der Waals surface area contributed by atoms with Gasteiger partial charge in [0.2, 0.25) is 0 Å². The van der Waals surface area contributed by atoms with E-state index in [0.29, 0.717) is 96.7 Å². The van der Waals surface area contributed by atoms with Crippen molar-refractivity contribution in [2.24, 2.45) is 5.92 Å². The molecule has 0 aromatic carbocycles. The van der Waals surface area contributed by atoms with Crippen LogP contribution < -0.4 is 0 Å². The lowest BCUT2D eigenvalue weighted by molar-refractivity contribution is 0.00672. The minimum atomic E-state index is -0.451. The normalized spacial score (nSPS) is 10.2. The molecule has 0 amide bonds. The molecule has 686 valence electrons. The molecule has 24 heteroatoms. The van der Waals surface area contributed by atoms with Crippen molar-refractivity contribution in [1.29, 1.82) is 0 Å². The molecule has 0 N–H and O–H groups in total. The Balaban J connectivity index is 0.000000716. The smallest absolute Gasteiger partial charge is 0.340 e. The molecule has 0 spiro atoms. The van der Waals surface area contributed by atoms with Gasteiger partial charge in [0.15, 0.2) is 0 Å². The van der Waals surface area contributed by atoms with E-state index in [9.17, 15) is 38.4 Å². The van der Waals surface area contributed by atoms with Crippen LogP contribution in [0.1, 0.15) is 371 Å². The molecule has 0 aliphatic rings. The number of rotatable bonds is 49. The molecule has 0 atom stereocenters. The van der Waals surface area contributed by atoms with E-state index in [2.05, 4.69) is 81.4 Å². The predicted octanol–water partition coefficient (Wildman–Crippen LogP) is 24.4. The van der Waals surface area contributed by atoms with E-state index in [1.807, 2.05) is 34.6 Å². The minimum Gasteiger partial charge on any atom is -0.462 e. The molecule has 8 aromatic rings. The fourth-order valence-electron chi connectivity index (χ4n) is 10.8. The predicted molar refractivity (Wildman–Crippen MR) is 492 cm³/mol. The summed E-state index contributed by atoms with van der Waals surface area (Å²) in [7, 11) is 0. The molecule has 125 heavy (non-hydrogen) atoms. The van der Waals surface area contributed by atoms with Crippen molar-refractivity contribution in [1.82, 2.24) is 39.9 Å².